The molecule has 0 radical (unpaired) electrons. The van der Waals surface area contributed by atoms with Crippen LogP contribution in [0, 0.1) is 10.1 Å². The van der Waals surface area contributed by atoms with Gasteiger partial charge < -0.3 is 15.0 Å². The molecule has 1 unspecified atom stereocenters. The van der Waals surface area contributed by atoms with Gasteiger partial charge in [-0.05, 0) is 24.6 Å². The molecule has 3 rings (SSSR count). The predicted octanol–water partition coefficient (Wildman–Crippen LogP) is 2.24. The number of sulfone groups is 1. The molecule has 1 heterocycles. The van der Waals surface area contributed by atoms with Gasteiger partial charge in [0.25, 0.3) is 5.69 Å². The highest BCUT2D eigenvalue weighted by Gasteiger charge is 2.35. The molecule has 1 aliphatic rings. The number of methoxy groups -OCH3 is 1. The number of non-ortho nitro benzene ring substituents is 1. The van der Waals surface area contributed by atoms with E-state index in [0.717, 1.165) is 0 Å². The topological polar surface area (TPSA) is 119 Å². The van der Waals surface area contributed by atoms with Gasteiger partial charge >= 0.3 is 0 Å². The summed E-state index contributed by atoms with van der Waals surface area (Å²) in [7, 11) is -1.76. The molecule has 0 saturated carbocycles. The third-order valence-corrected chi connectivity index (χ3v) is 6.45. The van der Waals surface area contributed by atoms with Gasteiger partial charge in [-0.2, -0.15) is 0 Å². The molecule has 1 amide bonds. The summed E-state index contributed by atoms with van der Waals surface area (Å²) < 4.78 is 29.1. The second kappa shape index (κ2) is 8.48. The van der Waals surface area contributed by atoms with Crippen molar-refractivity contribution in [2.45, 2.75) is 12.5 Å². The molecule has 1 N–H and O–H groups in total. The second-order valence-electron chi connectivity index (χ2n) is 6.65. The average Bonchev–Trinajstić information content (AvgIpc) is 3.06. The monoisotopic (exact) mass is 419 g/mol. The van der Waals surface area contributed by atoms with Crippen molar-refractivity contribution in [2.75, 3.05) is 35.4 Å². The van der Waals surface area contributed by atoms with Crippen LogP contribution in [0.25, 0.3) is 0 Å². The summed E-state index contributed by atoms with van der Waals surface area (Å²) in [5, 5.41) is 13.9. The molecule has 154 valence electrons. The first-order valence-corrected chi connectivity index (χ1v) is 10.8. The van der Waals surface area contributed by atoms with Gasteiger partial charge in [-0.15, -0.1) is 0 Å². The Kier molecular flexibility index (Phi) is 6.02. The van der Waals surface area contributed by atoms with Crippen molar-refractivity contribution in [2.24, 2.45) is 0 Å². The molecule has 2 aromatic carbocycles. The van der Waals surface area contributed by atoms with Crippen LogP contribution < -0.4 is 15.0 Å². The summed E-state index contributed by atoms with van der Waals surface area (Å²) in [6.45, 7) is -0.178. The standard InChI is InChI=1S/C19H21N3O6S/c1-28-18-8-7-15(22(24)25)11-17(18)20-12-19(23)21(14-5-3-2-4-6-14)16-9-10-29(26,27)13-16/h2-8,11,16,20H,9-10,12-13H2,1H3. The number of hydrogen-bond acceptors (Lipinski definition) is 7. The number of para-hydroxylation sites is 1. The minimum atomic E-state index is -3.18. The summed E-state index contributed by atoms with van der Waals surface area (Å²) in [6, 6.07) is 12.4. The van der Waals surface area contributed by atoms with Gasteiger partial charge in [0.2, 0.25) is 5.91 Å². The summed E-state index contributed by atoms with van der Waals surface area (Å²) in [5.74, 6) is -0.0290. The Morgan fingerprint density at radius 3 is 2.59 bits per heavy atom. The van der Waals surface area contributed by atoms with Crippen molar-refractivity contribution in [3.8, 4) is 5.75 Å². The number of carbonyl (C=O) groups is 1. The molecule has 0 bridgehead atoms. The molecule has 2 aromatic rings. The van der Waals surface area contributed by atoms with Crippen molar-refractivity contribution < 1.29 is 22.9 Å². The minimum Gasteiger partial charge on any atom is -0.495 e. The number of benzene rings is 2. The Balaban J connectivity index is 1.83. The van der Waals surface area contributed by atoms with Gasteiger partial charge in [-0.3, -0.25) is 14.9 Å². The Labute approximate surface area is 168 Å². The van der Waals surface area contributed by atoms with E-state index in [1.54, 1.807) is 24.3 Å². The highest BCUT2D eigenvalue weighted by Crippen LogP contribution is 2.29. The zero-order valence-electron chi connectivity index (χ0n) is 15.8. The largest absolute Gasteiger partial charge is 0.495 e. The molecule has 0 aromatic heterocycles. The number of amides is 1. The van der Waals surface area contributed by atoms with Crippen molar-refractivity contribution in [1.29, 1.82) is 0 Å². The molecule has 9 nitrogen and oxygen atoms in total. The Morgan fingerprint density at radius 1 is 1.28 bits per heavy atom. The predicted molar refractivity (Wildman–Crippen MR) is 109 cm³/mol. The van der Waals surface area contributed by atoms with Crippen molar-refractivity contribution in [1.82, 2.24) is 0 Å². The molecular formula is C19H21N3O6S. The number of hydrogen-bond donors (Lipinski definition) is 1. The van der Waals surface area contributed by atoms with Gasteiger partial charge in [0, 0.05) is 17.8 Å². The lowest BCUT2D eigenvalue weighted by Gasteiger charge is -2.28. The van der Waals surface area contributed by atoms with Crippen molar-refractivity contribution in [3.63, 3.8) is 0 Å². The number of anilines is 2. The van der Waals surface area contributed by atoms with E-state index in [4.69, 9.17) is 4.74 Å². The van der Waals surface area contributed by atoms with E-state index in [2.05, 4.69) is 5.32 Å². The van der Waals surface area contributed by atoms with Gasteiger partial charge in [0.1, 0.15) is 5.75 Å². The summed E-state index contributed by atoms with van der Waals surface area (Å²) in [6.07, 6.45) is 0.364. The molecule has 10 heteroatoms. The van der Waals surface area contributed by atoms with Crippen LogP contribution >= 0.6 is 0 Å². The van der Waals surface area contributed by atoms with Gasteiger partial charge in [0.05, 0.1) is 41.8 Å². The number of nitro groups is 1. The van der Waals surface area contributed by atoms with E-state index in [1.807, 2.05) is 6.07 Å². The van der Waals surface area contributed by atoms with Crippen LogP contribution in [-0.4, -0.2) is 50.5 Å². The highest BCUT2D eigenvalue weighted by atomic mass is 32.2. The fraction of sp³-hybridized carbons (Fsp3) is 0.316. The summed E-state index contributed by atoms with van der Waals surface area (Å²) in [5.41, 5.74) is 0.775. The zero-order chi connectivity index (χ0) is 21.0. The first kappa shape index (κ1) is 20.6. The molecule has 0 aliphatic carbocycles. The fourth-order valence-corrected chi connectivity index (χ4v) is 5.03. The van der Waals surface area contributed by atoms with Gasteiger partial charge in [-0.25, -0.2) is 8.42 Å². The molecule has 1 fully saturated rings. The second-order valence-corrected chi connectivity index (χ2v) is 8.88. The lowest BCUT2D eigenvalue weighted by molar-refractivity contribution is -0.384. The van der Waals surface area contributed by atoms with Crippen LogP contribution in [0.4, 0.5) is 17.1 Å². The van der Waals surface area contributed by atoms with Crippen LogP contribution in [0.1, 0.15) is 6.42 Å². The Morgan fingerprint density at radius 2 is 2.00 bits per heavy atom. The molecule has 29 heavy (non-hydrogen) atoms. The van der Waals surface area contributed by atoms with Gasteiger partial charge in [0.15, 0.2) is 9.84 Å². The third kappa shape index (κ3) is 4.83. The number of rotatable bonds is 7. The zero-order valence-corrected chi connectivity index (χ0v) is 16.6. The van der Waals surface area contributed by atoms with E-state index in [9.17, 15) is 23.3 Å². The molecular weight excluding hydrogens is 398 g/mol. The van der Waals surface area contributed by atoms with E-state index in [-0.39, 0.29) is 29.6 Å². The maximum absolute atomic E-state index is 13.0. The smallest absolute Gasteiger partial charge is 0.271 e. The maximum atomic E-state index is 13.0. The van der Waals surface area contributed by atoms with Crippen LogP contribution in [-0.2, 0) is 14.6 Å². The molecule has 1 saturated heterocycles. The number of ether oxygens (including phenoxy) is 1. The number of carbonyl (C=O) groups excluding carboxylic acids is 1. The minimum absolute atomic E-state index is 0.0421. The molecule has 1 atom stereocenters. The number of nitrogens with one attached hydrogen (secondary N) is 1. The third-order valence-electron chi connectivity index (χ3n) is 4.70. The van der Waals surface area contributed by atoms with E-state index >= 15 is 0 Å². The molecule has 0 spiro atoms. The first-order valence-electron chi connectivity index (χ1n) is 8.94. The number of nitrogens with zero attached hydrogens (tertiary/aromatic N) is 2. The fourth-order valence-electron chi connectivity index (χ4n) is 3.33. The lowest BCUT2D eigenvalue weighted by atomic mass is 10.1. The van der Waals surface area contributed by atoms with Crippen LogP contribution in [0.3, 0.4) is 0 Å². The normalized spacial score (nSPS) is 17.5. The SMILES string of the molecule is COc1ccc([N+](=O)[O-])cc1NCC(=O)N(c1ccccc1)C1CCS(=O)(=O)C1. The van der Waals surface area contributed by atoms with E-state index in [0.29, 0.717) is 23.5 Å². The Hall–Kier alpha value is -3.14. The van der Waals surface area contributed by atoms with Crippen LogP contribution in [0.15, 0.2) is 48.5 Å². The quantitative estimate of drug-likeness (QED) is 0.540. The summed E-state index contributed by atoms with van der Waals surface area (Å²) >= 11 is 0. The lowest BCUT2D eigenvalue weighted by Crippen LogP contribution is -2.44. The van der Waals surface area contributed by atoms with E-state index < -0.39 is 20.8 Å². The molecule has 1 aliphatic heterocycles. The first-order chi connectivity index (χ1) is 13.8. The van der Waals surface area contributed by atoms with Crippen molar-refractivity contribution >= 4 is 32.8 Å². The van der Waals surface area contributed by atoms with Crippen molar-refractivity contribution in [3.05, 3.63) is 58.6 Å². The average molecular weight is 419 g/mol. The Bertz CT molecular complexity index is 1010. The number of nitro benzene ring substituents is 1. The summed E-state index contributed by atoms with van der Waals surface area (Å²) in [4.78, 5) is 25.0. The highest BCUT2D eigenvalue weighted by molar-refractivity contribution is 7.91. The van der Waals surface area contributed by atoms with Gasteiger partial charge in [-0.1, -0.05) is 18.2 Å². The van der Waals surface area contributed by atoms with Crippen LogP contribution in [0.5, 0.6) is 5.75 Å². The van der Waals surface area contributed by atoms with Crippen LogP contribution in [0.2, 0.25) is 0 Å². The van der Waals surface area contributed by atoms with E-state index in [1.165, 1.54) is 30.2 Å². The maximum Gasteiger partial charge on any atom is 0.271 e.